The van der Waals surface area contributed by atoms with Crippen molar-refractivity contribution < 1.29 is 13.2 Å². The Hall–Kier alpha value is -2.70. The second-order valence-electron chi connectivity index (χ2n) is 5.49. The Balaban J connectivity index is 1.65. The van der Waals surface area contributed by atoms with Crippen LogP contribution in [0.5, 0.6) is 0 Å². The predicted octanol–water partition coefficient (Wildman–Crippen LogP) is 3.67. The lowest BCUT2D eigenvalue weighted by atomic mass is 10.1. The molecule has 1 aromatic heterocycles. The van der Waals surface area contributed by atoms with Crippen LogP contribution in [0.25, 0.3) is 0 Å². The van der Waals surface area contributed by atoms with Crippen molar-refractivity contribution in [3.05, 3.63) is 59.7 Å². The Bertz CT molecular complexity index is 785. The minimum atomic E-state index is -2.58. The Kier molecular flexibility index (Phi) is 4.59. The van der Waals surface area contributed by atoms with Crippen molar-refractivity contribution in [1.29, 1.82) is 0 Å². The third-order valence-electron chi connectivity index (χ3n) is 3.71. The highest BCUT2D eigenvalue weighted by Gasteiger charge is 2.21. The third-order valence-corrected chi connectivity index (χ3v) is 3.71. The van der Waals surface area contributed by atoms with E-state index in [2.05, 4.69) is 15.2 Å². The minimum absolute atomic E-state index is 0.0435. The normalized spacial score (nSPS) is 13.9. The molecule has 0 saturated heterocycles. The van der Waals surface area contributed by atoms with Crippen molar-refractivity contribution in [2.24, 2.45) is 10.2 Å². The van der Waals surface area contributed by atoms with E-state index in [4.69, 9.17) is 0 Å². The Morgan fingerprint density at radius 2 is 2.00 bits per heavy atom. The molecule has 3 rings (SSSR count). The first-order valence-electron chi connectivity index (χ1n) is 7.36. The summed E-state index contributed by atoms with van der Waals surface area (Å²) in [6.07, 6.45) is -0.947. The molecule has 4 nitrogen and oxygen atoms in total. The zero-order valence-corrected chi connectivity index (χ0v) is 13.0. The third kappa shape index (κ3) is 3.61. The highest BCUT2D eigenvalue weighted by molar-refractivity contribution is 6.15. The van der Waals surface area contributed by atoms with Gasteiger partial charge in [-0.05, 0) is 30.3 Å². The standard InChI is InChI=1S/C17H15F3N4/c1-24(14-4-2-3-12(18)7-14)10-13-6-5-11(9-21-13)15-8-16(17(19)20)23-22-15/h2-7,9,17H,8,10H2,1H3. The van der Waals surface area contributed by atoms with E-state index < -0.39 is 6.43 Å². The van der Waals surface area contributed by atoms with Gasteiger partial charge < -0.3 is 4.90 Å². The first kappa shape index (κ1) is 16.2. The van der Waals surface area contributed by atoms with Gasteiger partial charge in [-0.3, -0.25) is 4.98 Å². The number of aromatic nitrogens is 1. The van der Waals surface area contributed by atoms with Crippen molar-refractivity contribution >= 4 is 17.1 Å². The van der Waals surface area contributed by atoms with Crippen LogP contribution in [0.2, 0.25) is 0 Å². The molecule has 1 aliphatic heterocycles. The second kappa shape index (κ2) is 6.82. The first-order valence-corrected chi connectivity index (χ1v) is 7.36. The molecular formula is C17H15F3N4. The van der Waals surface area contributed by atoms with Crippen LogP contribution in [0.1, 0.15) is 17.7 Å². The van der Waals surface area contributed by atoms with Crippen LogP contribution in [0, 0.1) is 5.82 Å². The molecule has 2 aromatic rings. The van der Waals surface area contributed by atoms with E-state index in [1.54, 1.807) is 24.4 Å². The summed E-state index contributed by atoms with van der Waals surface area (Å²) in [6.45, 7) is 0.495. The summed E-state index contributed by atoms with van der Waals surface area (Å²) in [5.41, 5.74) is 2.46. The molecule has 0 spiro atoms. The number of hydrogen-bond acceptors (Lipinski definition) is 4. The highest BCUT2D eigenvalue weighted by Crippen LogP contribution is 2.18. The molecule has 24 heavy (non-hydrogen) atoms. The van der Waals surface area contributed by atoms with Gasteiger partial charge in [0, 0.05) is 30.9 Å². The minimum Gasteiger partial charge on any atom is -0.369 e. The molecule has 0 aliphatic carbocycles. The van der Waals surface area contributed by atoms with Crippen LogP contribution in [-0.4, -0.2) is 29.9 Å². The van der Waals surface area contributed by atoms with Gasteiger partial charge in [0.25, 0.3) is 6.43 Å². The van der Waals surface area contributed by atoms with E-state index in [0.29, 0.717) is 17.8 Å². The highest BCUT2D eigenvalue weighted by atomic mass is 19.3. The van der Waals surface area contributed by atoms with Gasteiger partial charge in [0.2, 0.25) is 0 Å². The van der Waals surface area contributed by atoms with Gasteiger partial charge in [-0.2, -0.15) is 10.2 Å². The van der Waals surface area contributed by atoms with Gasteiger partial charge in [0.05, 0.1) is 18.0 Å². The van der Waals surface area contributed by atoms with Crippen molar-refractivity contribution in [1.82, 2.24) is 4.98 Å². The monoisotopic (exact) mass is 332 g/mol. The van der Waals surface area contributed by atoms with E-state index in [0.717, 1.165) is 11.4 Å². The number of benzene rings is 1. The van der Waals surface area contributed by atoms with Gasteiger partial charge in [-0.1, -0.05) is 6.07 Å². The van der Waals surface area contributed by atoms with E-state index in [1.165, 1.54) is 12.1 Å². The molecule has 0 atom stereocenters. The fourth-order valence-electron chi connectivity index (χ4n) is 2.38. The fraction of sp³-hybridized carbons (Fsp3) is 0.235. The molecule has 1 aliphatic rings. The number of halogens is 3. The molecule has 0 amide bonds. The lowest BCUT2D eigenvalue weighted by Crippen LogP contribution is -2.17. The SMILES string of the molecule is CN(Cc1ccc(C2=NN=C(C(F)F)C2)cn1)c1cccc(F)c1. The number of pyridine rings is 1. The molecule has 7 heteroatoms. The lowest BCUT2D eigenvalue weighted by molar-refractivity contribution is 0.224. The van der Waals surface area contributed by atoms with E-state index in [1.807, 2.05) is 18.0 Å². The first-order chi connectivity index (χ1) is 11.5. The molecular weight excluding hydrogens is 317 g/mol. The fourth-order valence-corrected chi connectivity index (χ4v) is 2.38. The number of nitrogens with zero attached hydrogens (tertiary/aromatic N) is 4. The molecule has 1 aromatic carbocycles. The molecule has 0 fully saturated rings. The van der Waals surface area contributed by atoms with E-state index in [9.17, 15) is 13.2 Å². The number of rotatable bonds is 5. The van der Waals surface area contributed by atoms with Crippen LogP contribution in [0.3, 0.4) is 0 Å². The van der Waals surface area contributed by atoms with Gasteiger partial charge in [-0.15, -0.1) is 0 Å². The van der Waals surface area contributed by atoms with Crippen molar-refractivity contribution in [2.45, 2.75) is 19.4 Å². The zero-order chi connectivity index (χ0) is 17.1. The van der Waals surface area contributed by atoms with Gasteiger partial charge in [0.15, 0.2) is 0 Å². The van der Waals surface area contributed by atoms with Crippen molar-refractivity contribution in [2.75, 3.05) is 11.9 Å². The second-order valence-corrected chi connectivity index (χ2v) is 5.49. The summed E-state index contributed by atoms with van der Waals surface area (Å²) in [7, 11) is 1.84. The smallest absolute Gasteiger partial charge is 0.278 e. The predicted molar refractivity (Wildman–Crippen MR) is 87.3 cm³/mol. The summed E-state index contributed by atoms with van der Waals surface area (Å²) in [5, 5.41) is 7.28. The van der Waals surface area contributed by atoms with E-state index in [-0.39, 0.29) is 17.9 Å². The summed E-state index contributed by atoms with van der Waals surface area (Å²) in [4.78, 5) is 6.20. The van der Waals surface area contributed by atoms with Crippen molar-refractivity contribution in [3.8, 4) is 0 Å². The maximum atomic E-state index is 13.3. The van der Waals surface area contributed by atoms with Gasteiger partial charge in [-0.25, -0.2) is 13.2 Å². The largest absolute Gasteiger partial charge is 0.369 e. The van der Waals surface area contributed by atoms with Crippen LogP contribution >= 0.6 is 0 Å². The van der Waals surface area contributed by atoms with E-state index >= 15 is 0 Å². The van der Waals surface area contributed by atoms with Gasteiger partial charge in [0.1, 0.15) is 11.5 Å². The van der Waals surface area contributed by atoms with Gasteiger partial charge >= 0.3 is 0 Å². The van der Waals surface area contributed by atoms with Crippen molar-refractivity contribution in [3.63, 3.8) is 0 Å². The average molecular weight is 332 g/mol. The number of hydrogen-bond donors (Lipinski definition) is 0. The Morgan fingerprint density at radius 1 is 1.17 bits per heavy atom. The summed E-state index contributed by atoms with van der Waals surface area (Å²) in [6, 6.07) is 9.89. The summed E-state index contributed by atoms with van der Waals surface area (Å²) >= 11 is 0. The summed E-state index contributed by atoms with van der Waals surface area (Å²) in [5.74, 6) is -0.295. The molecule has 0 N–H and O–H groups in total. The maximum absolute atomic E-state index is 13.3. The van der Waals surface area contributed by atoms with Crippen LogP contribution in [0.4, 0.5) is 18.9 Å². The zero-order valence-electron chi connectivity index (χ0n) is 13.0. The lowest BCUT2D eigenvalue weighted by Gasteiger charge is -2.19. The molecule has 0 unspecified atom stereocenters. The van der Waals surface area contributed by atoms with Crippen LogP contribution in [-0.2, 0) is 6.54 Å². The Morgan fingerprint density at radius 3 is 2.62 bits per heavy atom. The van der Waals surface area contributed by atoms with Crippen LogP contribution < -0.4 is 4.90 Å². The average Bonchev–Trinajstić information content (AvgIpc) is 3.06. The Labute approximate surface area is 137 Å². The summed E-state index contributed by atoms with van der Waals surface area (Å²) < 4.78 is 38.4. The van der Waals surface area contributed by atoms with Crippen LogP contribution in [0.15, 0.2) is 52.8 Å². The number of anilines is 1. The molecule has 124 valence electrons. The molecule has 0 saturated carbocycles. The molecule has 0 bridgehead atoms. The molecule has 0 radical (unpaired) electrons. The maximum Gasteiger partial charge on any atom is 0.278 e. The number of alkyl halides is 2. The quantitative estimate of drug-likeness (QED) is 0.838. The molecule has 2 heterocycles. The topological polar surface area (TPSA) is 40.9 Å².